The van der Waals surface area contributed by atoms with Crippen molar-refractivity contribution in [2.45, 2.75) is 105 Å². The van der Waals surface area contributed by atoms with Crippen LogP contribution in [0.25, 0.3) is 6.08 Å². The van der Waals surface area contributed by atoms with Gasteiger partial charge in [-0.3, -0.25) is 0 Å². The maximum Gasteiger partial charge on any atom is -0.0260 e. The summed E-state index contributed by atoms with van der Waals surface area (Å²) in [4.78, 5) is 0. The Kier molecular flexibility index (Phi) is 41.7. The van der Waals surface area contributed by atoms with Gasteiger partial charge >= 0.3 is 0 Å². The molecule has 31 heavy (non-hydrogen) atoms. The fraction of sp³-hybridized carbons (Fsp3) is 0.484. The molecular formula is C31H58. The first kappa shape index (κ1) is 42.9. The number of benzene rings is 2. The molecule has 0 nitrogen and oxygen atoms in total. The standard InChI is InChI=1S/C10H12.C8H10.C6H12.2C2H6.3CH4/c1-3-4-10-7-5-9(2)6-8-10;1-7-4-3-5-8(2)6-7;1-5(2)6(3)4;2*1-2;;;/h3-8H,1-2H3;3-6H,1-2H3;1-4H3;2*1-2H3;3*1H4/b4-3+;;;;;;;. The van der Waals surface area contributed by atoms with E-state index in [4.69, 9.17) is 0 Å². The first-order chi connectivity index (χ1) is 13.3. The molecule has 0 heterocycles. The molecule has 0 aliphatic heterocycles. The largest absolute Gasteiger partial charge is 0.0871 e. The maximum absolute atomic E-state index is 2.17. The van der Waals surface area contributed by atoms with Crippen LogP contribution in [0.15, 0.2) is 65.8 Å². The number of hydrogen-bond donors (Lipinski definition) is 0. The Balaban J connectivity index is -0.0000000683. The highest BCUT2D eigenvalue weighted by molar-refractivity contribution is 5.48. The molecule has 0 spiro atoms. The Bertz CT molecular complexity index is 605. The third kappa shape index (κ3) is 30.2. The van der Waals surface area contributed by atoms with E-state index in [2.05, 4.69) is 103 Å². The molecule has 0 saturated carbocycles. The lowest BCUT2D eigenvalue weighted by atomic mass is 10.1. The topological polar surface area (TPSA) is 0 Å². The van der Waals surface area contributed by atoms with Crippen molar-refractivity contribution < 1.29 is 0 Å². The summed E-state index contributed by atoms with van der Waals surface area (Å²) < 4.78 is 0. The van der Waals surface area contributed by atoms with Gasteiger partial charge in [-0.25, -0.2) is 0 Å². The second kappa shape index (κ2) is 30.1. The monoisotopic (exact) mass is 430 g/mol. The van der Waals surface area contributed by atoms with E-state index >= 15 is 0 Å². The van der Waals surface area contributed by atoms with E-state index in [0.717, 1.165) is 0 Å². The van der Waals surface area contributed by atoms with Crippen LogP contribution in [0.1, 0.15) is 107 Å². The minimum Gasteiger partial charge on any atom is -0.0871 e. The van der Waals surface area contributed by atoms with Crippen LogP contribution in [0.2, 0.25) is 0 Å². The lowest BCUT2D eigenvalue weighted by Crippen LogP contribution is -1.71. The molecule has 0 saturated heterocycles. The Morgan fingerprint density at radius 1 is 0.581 bits per heavy atom. The first-order valence-electron chi connectivity index (χ1n) is 10.6. The van der Waals surface area contributed by atoms with Gasteiger partial charge < -0.3 is 0 Å². The average Bonchev–Trinajstić information content (AvgIpc) is 2.68. The Labute approximate surface area is 199 Å². The summed E-state index contributed by atoms with van der Waals surface area (Å²) in [7, 11) is 0. The zero-order valence-corrected chi connectivity index (χ0v) is 20.8. The molecule has 0 amide bonds. The highest BCUT2D eigenvalue weighted by atomic mass is 13.9. The van der Waals surface area contributed by atoms with Crippen molar-refractivity contribution in [1.82, 2.24) is 0 Å². The van der Waals surface area contributed by atoms with Gasteiger partial charge in [-0.15, -0.1) is 0 Å². The lowest BCUT2D eigenvalue weighted by Gasteiger charge is -1.92. The SMILES string of the molecule is C.C.C.C/C=C/c1ccc(C)cc1.CC.CC.CC(C)=C(C)C.Cc1cccc(C)c1. The van der Waals surface area contributed by atoms with Crippen LogP contribution in [0.4, 0.5) is 0 Å². The zero-order valence-electron chi connectivity index (χ0n) is 20.8. The number of allylic oxidation sites excluding steroid dienone is 3. The molecule has 0 aliphatic rings. The van der Waals surface area contributed by atoms with E-state index in [-0.39, 0.29) is 22.3 Å². The van der Waals surface area contributed by atoms with Crippen molar-refractivity contribution in [3.8, 4) is 0 Å². The number of rotatable bonds is 1. The predicted octanol–water partition coefficient (Wildman–Crippen LogP) is 11.7. The van der Waals surface area contributed by atoms with E-state index in [9.17, 15) is 0 Å². The van der Waals surface area contributed by atoms with Gasteiger partial charge in [0.15, 0.2) is 0 Å². The van der Waals surface area contributed by atoms with Gasteiger partial charge in [0.05, 0.1) is 0 Å². The third-order valence-electron chi connectivity index (χ3n) is 3.61. The summed E-state index contributed by atoms with van der Waals surface area (Å²) in [6, 6.07) is 16.9. The number of hydrogen-bond acceptors (Lipinski definition) is 0. The van der Waals surface area contributed by atoms with Crippen molar-refractivity contribution in [3.05, 3.63) is 88.0 Å². The van der Waals surface area contributed by atoms with E-state index in [1.165, 1.54) is 33.4 Å². The number of aryl methyl sites for hydroxylation is 3. The van der Waals surface area contributed by atoms with Crippen LogP contribution in [0.3, 0.4) is 0 Å². The lowest BCUT2D eigenvalue weighted by molar-refractivity contribution is 1.23. The van der Waals surface area contributed by atoms with Gasteiger partial charge in [-0.2, -0.15) is 0 Å². The van der Waals surface area contributed by atoms with Crippen LogP contribution in [-0.2, 0) is 0 Å². The molecule has 0 atom stereocenters. The molecule has 0 radical (unpaired) electrons. The Morgan fingerprint density at radius 2 is 0.935 bits per heavy atom. The predicted molar refractivity (Wildman–Crippen MR) is 154 cm³/mol. The van der Waals surface area contributed by atoms with Crippen molar-refractivity contribution in [2.75, 3.05) is 0 Å². The molecule has 2 rings (SSSR count). The molecule has 2 aromatic rings. The Hall–Kier alpha value is -2.08. The highest BCUT2D eigenvalue weighted by Crippen LogP contribution is 2.04. The zero-order chi connectivity index (χ0) is 22.5. The molecular weight excluding hydrogens is 372 g/mol. The van der Waals surface area contributed by atoms with Gasteiger partial charge in [0.1, 0.15) is 0 Å². The van der Waals surface area contributed by atoms with Gasteiger partial charge in [-0.05, 0) is 61.0 Å². The normalized spacial score (nSPS) is 7.74. The summed E-state index contributed by atoms with van der Waals surface area (Å²) in [6.07, 6.45) is 4.14. The first-order valence-corrected chi connectivity index (χ1v) is 10.6. The van der Waals surface area contributed by atoms with Crippen molar-refractivity contribution in [2.24, 2.45) is 0 Å². The quantitative estimate of drug-likeness (QED) is 0.394. The second-order valence-corrected chi connectivity index (χ2v) is 6.57. The molecule has 0 unspecified atom stereocenters. The van der Waals surface area contributed by atoms with E-state index < -0.39 is 0 Å². The minimum absolute atomic E-state index is 0. The van der Waals surface area contributed by atoms with Gasteiger partial charge in [0.2, 0.25) is 0 Å². The molecule has 0 bridgehead atoms. The van der Waals surface area contributed by atoms with Gasteiger partial charge in [-0.1, -0.05) is 138 Å². The van der Waals surface area contributed by atoms with Gasteiger partial charge in [0, 0.05) is 0 Å². The molecule has 182 valence electrons. The molecule has 0 N–H and O–H groups in total. The molecule has 0 fully saturated rings. The summed E-state index contributed by atoms with van der Waals surface area (Å²) in [5.41, 5.74) is 8.11. The minimum atomic E-state index is 0. The summed E-state index contributed by atoms with van der Waals surface area (Å²) in [6.45, 7) is 24.8. The highest BCUT2D eigenvalue weighted by Gasteiger charge is 1.83. The Morgan fingerprint density at radius 3 is 1.16 bits per heavy atom. The summed E-state index contributed by atoms with van der Waals surface area (Å²) in [5.74, 6) is 0. The van der Waals surface area contributed by atoms with Crippen molar-refractivity contribution in [3.63, 3.8) is 0 Å². The van der Waals surface area contributed by atoms with Crippen LogP contribution in [-0.4, -0.2) is 0 Å². The fourth-order valence-electron chi connectivity index (χ4n) is 1.68. The van der Waals surface area contributed by atoms with Crippen molar-refractivity contribution >= 4 is 6.08 Å². The molecule has 0 heteroatoms. The molecule has 0 aromatic heterocycles. The third-order valence-corrected chi connectivity index (χ3v) is 3.61. The second-order valence-electron chi connectivity index (χ2n) is 6.57. The van der Waals surface area contributed by atoms with Crippen LogP contribution < -0.4 is 0 Å². The average molecular weight is 431 g/mol. The summed E-state index contributed by atoms with van der Waals surface area (Å²) in [5, 5.41) is 0. The van der Waals surface area contributed by atoms with Crippen LogP contribution in [0.5, 0.6) is 0 Å². The van der Waals surface area contributed by atoms with E-state index in [0.29, 0.717) is 0 Å². The summed E-state index contributed by atoms with van der Waals surface area (Å²) >= 11 is 0. The van der Waals surface area contributed by atoms with Crippen LogP contribution in [0, 0.1) is 20.8 Å². The molecule has 2 aromatic carbocycles. The van der Waals surface area contributed by atoms with Crippen molar-refractivity contribution in [1.29, 1.82) is 0 Å². The van der Waals surface area contributed by atoms with Crippen LogP contribution >= 0.6 is 0 Å². The maximum atomic E-state index is 2.17. The van der Waals surface area contributed by atoms with Gasteiger partial charge in [0.25, 0.3) is 0 Å². The van der Waals surface area contributed by atoms with E-state index in [1.807, 2.05) is 40.7 Å². The van der Waals surface area contributed by atoms with E-state index in [1.54, 1.807) is 0 Å². The smallest absolute Gasteiger partial charge is 0.0260 e. The fourth-order valence-corrected chi connectivity index (χ4v) is 1.68. The molecule has 0 aliphatic carbocycles.